The van der Waals surface area contributed by atoms with Gasteiger partial charge >= 0.3 is 0 Å². The molecule has 0 radical (unpaired) electrons. The second-order valence-corrected chi connectivity index (χ2v) is 2.65. The van der Waals surface area contributed by atoms with Gasteiger partial charge in [-0.1, -0.05) is 0 Å². The van der Waals surface area contributed by atoms with E-state index in [4.69, 9.17) is 5.26 Å². The Bertz CT molecular complexity index is 411. The van der Waals surface area contributed by atoms with Crippen LogP contribution in [0, 0.1) is 17.2 Å². The summed E-state index contributed by atoms with van der Waals surface area (Å²) in [5.74, 6) is -0.979. The molecule has 0 fully saturated rings. The number of carbonyl (C=O) groups excluding carboxylic acids is 1. The van der Waals surface area contributed by atoms with Gasteiger partial charge in [-0.2, -0.15) is 10.4 Å². The summed E-state index contributed by atoms with van der Waals surface area (Å²) in [4.78, 5) is 21.8. The highest BCUT2D eigenvalue weighted by atomic mass is 16.2. The van der Waals surface area contributed by atoms with Crippen LogP contribution in [-0.4, -0.2) is 16.1 Å². The minimum Gasteiger partial charge on any atom is -0.308 e. The number of aromatic nitrogens is 2. The van der Waals surface area contributed by atoms with Crippen LogP contribution in [0.5, 0.6) is 0 Å². The molecule has 0 aliphatic heterocycles. The molecule has 6 heteroatoms. The third-order valence-electron chi connectivity index (χ3n) is 1.52. The topological polar surface area (TPSA) is 98.6 Å². The number of nitriles is 1. The normalized spacial score (nSPS) is 11.4. The second-order valence-electron chi connectivity index (χ2n) is 2.65. The number of hydrogen-bond acceptors (Lipinski definition) is 4. The molecule has 6 nitrogen and oxygen atoms in total. The van der Waals surface area contributed by atoms with Crippen LogP contribution in [0.15, 0.2) is 16.9 Å². The Morgan fingerprint density at radius 2 is 2.43 bits per heavy atom. The van der Waals surface area contributed by atoms with Crippen molar-refractivity contribution in [2.75, 3.05) is 5.32 Å². The summed E-state index contributed by atoms with van der Waals surface area (Å²) in [5.41, 5.74) is -0.351. The van der Waals surface area contributed by atoms with E-state index in [1.54, 1.807) is 6.07 Å². The fourth-order valence-corrected chi connectivity index (χ4v) is 0.707. The predicted molar refractivity (Wildman–Crippen MR) is 48.3 cm³/mol. The summed E-state index contributed by atoms with van der Waals surface area (Å²) in [5, 5.41) is 16.5. The highest BCUT2D eigenvalue weighted by Crippen LogP contribution is 2.00. The molecule has 1 heterocycles. The monoisotopic (exact) mass is 192 g/mol. The van der Waals surface area contributed by atoms with Gasteiger partial charge < -0.3 is 5.32 Å². The van der Waals surface area contributed by atoms with Gasteiger partial charge in [-0.3, -0.25) is 9.59 Å². The predicted octanol–water partition coefficient (Wildman–Crippen LogP) is -0.132. The zero-order valence-corrected chi connectivity index (χ0v) is 7.44. The lowest BCUT2D eigenvalue weighted by Crippen LogP contribution is -2.20. The van der Waals surface area contributed by atoms with Crippen LogP contribution in [0.1, 0.15) is 6.92 Å². The fourth-order valence-electron chi connectivity index (χ4n) is 0.707. The minimum atomic E-state index is -0.747. The van der Waals surface area contributed by atoms with Crippen molar-refractivity contribution < 1.29 is 4.79 Å². The SMILES string of the molecule is CC(C#N)C(=O)Nc1ccc(=O)[nH]n1. The Morgan fingerprint density at radius 1 is 1.71 bits per heavy atom. The van der Waals surface area contributed by atoms with E-state index in [9.17, 15) is 9.59 Å². The molecule has 72 valence electrons. The average Bonchev–Trinajstić information content (AvgIpc) is 2.20. The van der Waals surface area contributed by atoms with Crippen molar-refractivity contribution in [1.29, 1.82) is 5.26 Å². The highest BCUT2D eigenvalue weighted by Gasteiger charge is 2.11. The Hall–Kier alpha value is -2.16. The van der Waals surface area contributed by atoms with Crippen LogP contribution >= 0.6 is 0 Å². The summed E-state index contributed by atoms with van der Waals surface area (Å²) in [7, 11) is 0. The number of nitrogens with one attached hydrogen (secondary N) is 2. The first kappa shape index (κ1) is 9.92. The van der Waals surface area contributed by atoms with Crippen molar-refractivity contribution in [1.82, 2.24) is 10.2 Å². The largest absolute Gasteiger partial charge is 0.308 e. The van der Waals surface area contributed by atoms with E-state index < -0.39 is 11.8 Å². The highest BCUT2D eigenvalue weighted by molar-refractivity contribution is 5.92. The van der Waals surface area contributed by atoms with Crippen LogP contribution in [0.3, 0.4) is 0 Å². The molecule has 0 bridgehead atoms. The summed E-state index contributed by atoms with van der Waals surface area (Å²) in [6, 6.07) is 4.38. The fraction of sp³-hybridized carbons (Fsp3) is 0.250. The third kappa shape index (κ3) is 2.42. The van der Waals surface area contributed by atoms with Crippen molar-refractivity contribution in [3.8, 4) is 6.07 Å². The summed E-state index contributed by atoms with van der Waals surface area (Å²) >= 11 is 0. The Balaban J connectivity index is 2.71. The van der Waals surface area contributed by atoms with E-state index in [0.717, 1.165) is 0 Å². The van der Waals surface area contributed by atoms with Crippen molar-refractivity contribution in [2.45, 2.75) is 6.92 Å². The summed E-state index contributed by atoms with van der Waals surface area (Å²) in [6.45, 7) is 1.47. The summed E-state index contributed by atoms with van der Waals surface area (Å²) in [6.07, 6.45) is 0. The molecule has 14 heavy (non-hydrogen) atoms. The molecule has 0 spiro atoms. The molecule has 0 aromatic carbocycles. The van der Waals surface area contributed by atoms with E-state index in [1.165, 1.54) is 19.1 Å². The van der Waals surface area contributed by atoms with Gasteiger partial charge in [0.05, 0.1) is 6.07 Å². The summed E-state index contributed by atoms with van der Waals surface area (Å²) < 4.78 is 0. The van der Waals surface area contributed by atoms with Crippen molar-refractivity contribution in [3.05, 3.63) is 22.5 Å². The number of anilines is 1. The van der Waals surface area contributed by atoms with E-state index in [-0.39, 0.29) is 11.4 Å². The molecule has 0 aliphatic rings. The first-order chi connectivity index (χ1) is 6.63. The minimum absolute atomic E-state index is 0.219. The van der Waals surface area contributed by atoms with Crippen LogP contribution in [0.2, 0.25) is 0 Å². The van der Waals surface area contributed by atoms with Crippen LogP contribution in [-0.2, 0) is 4.79 Å². The standard InChI is InChI=1S/C8H8N4O2/c1-5(4-9)8(14)10-6-2-3-7(13)12-11-6/h2-3,5H,1H3,(H,12,13)(H,10,11,14). The Labute approximate surface area is 79.6 Å². The number of rotatable bonds is 2. The number of nitrogens with zero attached hydrogens (tertiary/aromatic N) is 2. The second kappa shape index (κ2) is 4.18. The van der Waals surface area contributed by atoms with E-state index in [2.05, 4.69) is 15.5 Å². The van der Waals surface area contributed by atoms with Crippen LogP contribution in [0.25, 0.3) is 0 Å². The van der Waals surface area contributed by atoms with Gasteiger partial charge in [-0.05, 0) is 13.0 Å². The third-order valence-corrected chi connectivity index (χ3v) is 1.52. The van der Waals surface area contributed by atoms with E-state index >= 15 is 0 Å². The van der Waals surface area contributed by atoms with E-state index in [1.807, 2.05) is 0 Å². The molecular formula is C8H8N4O2. The van der Waals surface area contributed by atoms with Gasteiger partial charge in [-0.15, -0.1) is 0 Å². The quantitative estimate of drug-likeness (QED) is 0.681. The van der Waals surface area contributed by atoms with Gasteiger partial charge in [0.1, 0.15) is 5.92 Å². The van der Waals surface area contributed by atoms with Gasteiger partial charge in [0.15, 0.2) is 5.82 Å². The van der Waals surface area contributed by atoms with Crippen LogP contribution < -0.4 is 10.9 Å². The lowest BCUT2D eigenvalue weighted by Gasteiger charge is -2.03. The van der Waals surface area contributed by atoms with Crippen molar-refractivity contribution in [3.63, 3.8) is 0 Å². The van der Waals surface area contributed by atoms with Crippen LogP contribution in [0.4, 0.5) is 5.82 Å². The van der Waals surface area contributed by atoms with Gasteiger partial charge in [-0.25, -0.2) is 5.10 Å². The van der Waals surface area contributed by atoms with Gasteiger partial charge in [0.2, 0.25) is 5.91 Å². The molecule has 1 rings (SSSR count). The van der Waals surface area contributed by atoms with Crippen molar-refractivity contribution >= 4 is 11.7 Å². The molecule has 0 saturated heterocycles. The molecule has 1 atom stereocenters. The first-order valence-electron chi connectivity index (χ1n) is 3.89. The van der Waals surface area contributed by atoms with E-state index in [0.29, 0.717) is 0 Å². The Morgan fingerprint density at radius 3 is 2.93 bits per heavy atom. The maximum Gasteiger partial charge on any atom is 0.264 e. The number of aromatic amines is 1. The molecule has 2 N–H and O–H groups in total. The Kier molecular flexibility index (Phi) is 2.97. The number of hydrogen-bond donors (Lipinski definition) is 2. The number of amides is 1. The molecule has 0 saturated carbocycles. The van der Waals surface area contributed by atoms with Gasteiger partial charge in [0, 0.05) is 6.07 Å². The number of H-pyrrole nitrogens is 1. The maximum atomic E-state index is 11.2. The molecular weight excluding hydrogens is 184 g/mol. The average molecular weight is 192 g/mol. The van der Waals surface area contributed by atoms with Crippen molar-refractivity contribution in [2.24, 2.45) is 5.92 Å². The lowest BCUT2D eigenvalue weighted by molar-refractivity contribution is -0.117. The number of carbonyl (C=O) groups is 1. The smallest absolute Gasteiger partial charge is 0.264 e. The molecule has 1 amide bonds. The zero-order valence-electron chi connectivity index (χ0n) is 7.44. The maximum absolute atomic E-state index is 11.2. The molecule has 1 aromatic heterocycles. The van der Waals surface area contributed by atoms with Gasteiger partial charge in [0.25, 0.3) is 5.56 Å². The zero-order chi connectivity index (χ0) is 10.6. The molecule has 1 aromatic rings. The first-order valence-corrected chi connectivity index (χ1v) is 3.89. The molecule has 1 unspecified atom stereocenters. The molecule has 0 aliphatic carbocycles. The lowest BCUT2D eigenvalue weighted by atomic mass is 10.2.